The first kappa shape index (κ1) is 13.2. The van der Waals surface area contributed by atoms with Crippen LogP contribution in [0.5, 0.6) is 0 Å². The summed E-state index contributed by atoms with van der Waals surface area (Å²) >= 11 is 1.80. The molecule has 1 unspecified atom stereocenters. The molecule has 18 heavy (non-hydrogen) atoms. The molecule has 0 amide bonds. The molecule has 1 aromatic heterocycles. The summed E-state index contributed by atoms with van der Waals surface area (Å²) in [5.41, 5.74) is 2.78. The predicted molar refractivity (Wildman–Crippen MR) is 81.5 cm³/mol. The molecule has 0 aliphatic rings. The highest BCUT2D eigenvalue weighted by molar-refractivity contribution is 7.10. The van der Waals surface area contributed by atoms with Crippen molar-refractivity contribution < 1.29 is 0 Å². The molecule has 0 bridgehead atoms. The number of anilines is 1. The first-order chi connectivity index (χ1) is 8.47. The van der Waals surface area contributed by atoms with Gasteiger partial charge in [-0.2, -0.15) is 0 Å². The van der Waals surface area contributed by atoms with Gasteiger partial charge in [-0.25, -0.2) is 0 Å². The van der Waals surface area contributed by atoms with Crippen LogP contribution in [0.15, 0.2) is 41.8 Å². The van der Waals surface area contributed by atoms with E-state index in [0.717, 1.165) is 0 Å². The molecule has 0 radical (unpaired) electrons. The van der Waals surface area contributed by atoms with Crippen molar-refractivity contribution in [3.8, 4) is 0 Å². The molecule has 2 heteroatoms. The van der Waals surface area contributed by atoms with E-state index in [0.29, 0.717) is 6.04 Å². The zero-order valence-corrected chi connectivity index (χ0v) is 12.3. The molecule has 1 N–H and O–H groups in total. The highest BCUT2D eigenvalue weighted by Gasteiger charge is 2.13. The molecule has 0 saturated carbocycles. The van der Waals surface area contributed by atoms with Crippen LogP contribution in [0, 0.1) is 0 Å². The summed E-state index contributed by atoms with van der Waals surface area (Å²) in [6, 6.07) is 13.4. The van der Waals surface area contributed by atoms with E-state index in [4.69, 9.17) is 0 Å². The fourth-order valence-corrected chi connectivity index (χ4v) is 2.66. The average molecular weight is 259 g/mol. The van der Waals surface area contributed by atoms with Crippen molar-refractivity contribution in [1.29, 1.82) is 0 Å². The van der Waals surface area contributed by atoms with Crippen LogP contribution in [0.4, 0.5) is 5.69 Å². The fourth-order valence-electron chi connectivity index (χ4n) is 1.93. The number of nitrogens with one attached hydrogen (secondary N) is 1. The van der Waals surface area contributed by atoms with E-state index in [1.54, 1.807) is 11.3 Å². The van der Waals surface area contributed by atoms with Crippen molar-refractivity contribution in [3.05, 3.63) is 52.2 Å². The summed E-state index contributed by atoms with van der Waals surface area (Å²) in [7, 11) is 0. The van der Waals surface area contributed by atoms with Crippen LogP contribution >= 0.6 is 11.3 Å². The van der Waals surface area contributed by atoms with Gasteiger partial charge in [-0.15, -0.1) is 11.3 Å². The average Bonchev–Trinajstić information content (AvgIpc) is 2.82. The first-order valence-corrected chi connectivity index (χ1v) is 7.25. The van der Waals surface area contributed by atoms with Gasteiger partial charge in [0.05, 0.1) is 6.04 Å². The Kier molecular flexibility index (Phi) is 3.76. The molecule has 0 fully saturated rings. The van der Waals surface area contributed by atoms with Crippen molar-refractivity contribution in [2.75, 3.05) is 5.32 Å². The molecular formula is C16H21NS. The second kappa shape index (κ2) is 5.15. The molecule has 1 nitrogen and oxygen atoms in total. The first-order valence-electron chi connectivity index (χ1n) is 6.37. The standard InChI is InChI=1S/C16H21NS/c1-12(15-6-5-11-18-15)17-14-9-7-13(8-10-14)16(2,3)4/h5-12,17H,1-4H3. The van der Waals surface area contributed by atoms with Gasteiger partial charge in [0.15, 0.2) is 0 Å². The van der Waals surface area contributed by atoms with Gasteiger partial charge >= 0.3 is 0 Å². The Labute approximate surface area is 114 Å². The SMILES string of the molecule is CC(Nc1ccc(C(C)(C)C)cc1)c1cccs1. The van der Waals surface area contributed by atoms with Gasteiger partial charge in [0.2, 0.25) is 0 Å². The van der Waals surface area contributed by atoms with Crippen molar-refractivity contribution >= 4 is 17.0 Å². The van der Waals surface area contributed by atoms with Crippen LogP contribution in [0.1, 0.15) is 44.2 Å². The number of benzene rings is 1. The molecule has 0 aliphatic heterocycles. The zero-order valence-electron chi connectivity index (χ0n) is 11.5. The number of rotatable bonds is 3. The smallest absolute Gasteiger partial charge is 0.0578 e. The number of hydrogen-bond donors (Lipinski definition) is 1. The van der Waals surface area contributed by atoms with Gasteiger partial charge in [0.1, 0.15) is 0 Å². The summed E-state index contributed by atoms with van der Waals surface area (Å²) in [4.78, 5) is 1.37. The lowest BCUT2D eigenvalue weighted by Gasteiger charge is -2.20. The second-order valence-electron chi connectivity index (χ2n) is 5.71. The molecule has 0 saturated heterocycles. The molecule has 0 spiro atoms. The Bertz CT molecular complexity index is 477. The quantitative estimate of drug-likeness (QED) is 0.797. The van der Waals surface area contributed by atoms with Crippen LogP contribution in [-0.4, -0.2) is 0 Å². The van der Waals surface area contributed by atoms with Crippen LogP contribution < -0.4 is 5.32 Å². The van der Waals surface area contributed by atoms with Gasteiger partial charge in [-0.3, -0.25) is 0 Å². The van der Waals surface area contributed by atoms with Gasteiger partial charge in [-0.05, 0) is 41.5 Å². The summed E-state index contributed by atoms with van der Waals surface area (Å²) < 4.78 is 0. The molecule has 2 aromatic rings. The van der Waals surface area contributed by atoms with Crippen LogP contribution in [-0.2, 0) is 5.41 Å². The van der Waals surface area contributed by atoms with Gasteiger partial charge in [0.25, 0.3) is 0 Å². The van der Waals surface area contributed by atoms with Gasteiger partial charge in [-0.1, -0.05) is 39.0 Å². The maximum absolute atomic E-state index is 3.53. The molecular weight excluding hydrogens is 238 g/mol. The van der Waals surface area contributed by atoms with Crippen molar-refractivity contribution in [3.63, 3.8) is 0 Å². The van der Waals surface area contributed by atoms with Gasteiger partial charge in [0, 0.05) is 10.6 Å². The molecule has 2 rings (SSSR count). The second-order valence-corrected chi connectivity index (χ2v) is 6.69. The lowest BCUT2D eigenvalue weighted by molar-refractivity contribution is 0.590. The number of thiophene rings is 1. The Morgan fingerprint density at radius 2 is 1.72 bits per heavy atom. The monoisotopic (exact) mass is 259 g/mol. The minimum atomic E-state index is 0.220. The van der Waals surface area contributed by atoms with Crippen LogP contribution in [0.3, 0.4) is 0 Å². The normalized spacial score (nSPS) is 13.3. The molecule has 1 aromatic carbocycles. The highest BCUT2D eigenvalue weighted by Crippen LogP contribution is 2.26. The van der Waals surface area contributed by atoms with E-state index in [2.05, 4.69) is 74.8 Å². The third-order valence-corrected chi connectivity index (χ3v) is 4.16. The predicted octanol–water partition coefficient (Wildman–Crippen LogP) is 5.22. The third-order valence-electron chi connectivity index (χ3n) is 3.10. The summed E-state index contributed by atoms with van der Waals surface area (Å²) in [6.45, 7) is 8.92. The summed E-state index contributed by atoms with van der Waals surface area (Å²) in [5.74, 6) is 0. The Morgan fingerprint density at radius 3 is 2.22 bits per heavy atom. The van der Waals surface area contributed by atoms with E-state index >= 15 is 0 Å². The maximum atomic E-state index is 3.53. The topological polar surface area (TPSA) is 12.0 Å². The molecule has 1 heterocycles. The van der Waals surface area contributed by atoms with E-state index in [1.807, 2.05) is 0 Å². The fraction of sp³-hybridized carbons (Fsp3) is 0.375. The minimum Gasteiger partial charge on any atom is -0.378 e. The van der Waals surface area contributed by atoms with Crippen molar-refractivity contribution in [2.45, 2.75) is 39.2 Å². The summed E-state index contributed by atoms with van der Waals surface area (Å²) in [5, 5.41) is 5.65. The molecule has 96 valence electrons. The number of hydrogen-bond acceptors (Lipinski definition) is 2. The Morgan fingerprint density at radius 1 is 1.06 bits per heavy atom. The van der Waals surface area contributed by atoms with Crippen LogP contribution in [0.2, 0.25) is 0 Å². The highest BCUT2D eigenvalue weighted by atomic mass is 32.1. The van der Waals surface area contributed by atoms with Gasteiger partial charge < -0.3 is 5.32 Å². The largest absolute Gasteiger partial charge is 0.378 e. The van der Waals surface area contributed by atoms with Crippen molar-refractivity contribution in [1.82, 2.24) is 0 Å². The Balaban J connectivity index is 2.07. The lowest BCUT2D eigenvalue weighted by atomic mass is 9.87. The van der Waals surface area contributed by atoms with E-state index < -0.39 is 0 Å². The molecule has 0 aliphatic carbocycles. The Hall–Kier alpha value is -1.28. The minimum absolute atomic E-state index is 0.220. The van der Waals surface area contributed by atoms with E-state index in [-0.39, 0.29) is 5.41 Å². The maximum Gasteiger partial charge on any atom is 0.0578 e. The van der Waals surface area contributed by atoms with Crippen LogP contribution in [0.25, 0.3) is 0 Å². The zero-order chi connectivity index (χ0) is 13.2. The lowest BCUT2D eigenvalue weighted by Crippen LogP contribution is -2.11. The van der Waals surface area contributed by atoms with E-state index in [9.17, 15) is 0 Å². The third kappa shape index (κ3) is 3.14. The van der Waals surface area contributed by atoms with E-state index in [1.165, 1.54) is 16.1 Å². The van der Waals surface area contributed by atoms with Crippen molar-refractivity contribution in [2.24, 2.45) is 0 Å². The molecule has 1 atom stereocenters. The summed E-state index contributed by atoms with van der Waals surface area (Å²) in [6.07, 6.45) is 0.